The first-order valence-corrected chi connectivity index (χ1v) is 5.58. The van der Waals surface area contributed by atoms with Crippen LogP contribution < -0.4 is 0 Å². The van der Waals surface area contributed by atoms with Gasteiger partial charge in [-0.1, -0.05) is 12.1 Å². The first-order chi connectivity index (χ1) is 8.33. The summed E-state index contributed by atoms with van der Waals surface area (Å²) < 4.78 is 51.6. The maximum Gasteiger partial charge on any atom is 0.324 e. The number of aromatic nitrogens is 2. The van der Waals surface area contributed by atoms with Crippen molar-refractivity contribution >= 4 is 23.3 Å². The second-order valence-electron chi connectivity index (χ2n) is 4.05. The lowest BCUT2D eigenvalue weighted by Gasteiger charge is -2.16. The fourth-order valence-electron chi connectivity index (χ4n) is 1.76. The maximum absolute atomic E-state index is 13.1. The monoisotopic (exact) mass is 278 g/mol. The van der Waals surface area contributed by atoms with Gasteiger partial charge in [0, 0.05) is 0 Å². The molecular weight excluding hydrogens is 268 g/mol. The predicted octanol–water partition coefficient (Wildman–Crippen LogP) is 3.91. The molecule has 0 fully saturated rings. The Morgan fingerprint density at radius 2 is 2.06 bits per heavy atom. The van der Waals surface area contributed by atoms with Crippen molar-refractivity contribution in [3.63, 3.8) is 0 Å². The molecule has 0 spiro atoms. The second-order valence-corrected chi connectivity index (χ2v) is 4.43. The molecule has 0 saturated heterocycles. The van der Waals surface area contributed by atoms with E-state index in [0.29, 0.717) is 11.0 Å². The number of rotatable bonds is 3. The van der Waals surface area contributed by atoms with Crippen LogP contribution in [0.1, 0.15) is 5.56 Å². The summed E-state index contributed by atoms with van der Waals surface area (Å²) in [5, 5.41) is 0. The third-order valence-corrected chi connectivity index (χ3v) is 3.03. The Morgan fingerprint density at radius 1 is 1.39 bits per heavy atom. The van der Waals surface area contributed by atoms with Crippen LogP contribution in [0.15, 0.2) is 18.2 Å². The van der Waals surface area contributed by atoms with Gasteiger partial charge in [0.05, 0.1) is 17.6 Å². The summed E-state index contributed by atoms with van der Waals surface area (Å²) in [6, 6.07) is 5.01. The first kappa shape index (κ1) is 13.1. The SMILES string of the molecule is Cc1cccc2c1[nH]c(=S)n2CC(F)(F)C(F)F. The van der Waals surface area contributed by atoms with Crippen LogP contribution in [0.3, 0.4) is 0 Å². The van der Waals surface area contributed by atoms with Crippen LogP contribution in [-0.2, 0) is 6.54 Å². The molecular formula is C11H10F4N2S. The highest BCUT2D eigenvalue weighted by atomic mass is 32.1. The largest absolute Gasteiger partial charge is 0.330 e. The van der Waals surface area contributed by atoms with Crippen LogP contribution in [0.2, 0.25) is 0 Å². The minimum absolute atomic E-state index is 0.0135. The van der Waals surface area contributed by atoms with E-state index < -0.39 is 18.9 Å². The molecule has 1 aromatic heterocycles. The van der Waals surface area contributed by atoms with Gasteiger partial charge < -0.3 is 9.55 Å². The van der Waals surface area contributed by atoms with Crippen molar-refractivity contribution in [2.75, 3.05) is 0 Å². The fraction of sp³-hybridized carbons (Fsp3) is 0.364. The summed E-state index contributed by atoms with van der Waals surface area (Å²) >= 11 is 4.90. The molecule has 0 aliphatic carbocycles. The molecule has 0 aliphatic heterocycles. The number of para-hydroxylation sites is 1. The summed E-state index contributed by atoms with van der Waals surface area (Å²) in [5.41, 5.74) is 1.81. The molecule has 0 amide bonds. The Kier molecular flexibility index (Phi) is 3.18. The lowest BCUT2D eigenvalue weighted by Crippen LogP contribution is -2.32. The summed E-state index contributed by atoms with van der Waals surface area (Å²) in [4.78, 5) is 2.76. The quantitative estimate of drug-likeness (QED) is 0.667. The number of nitrogens with one attached hydrogen (secondary N) is 1. The number of aromatic amines is 1. The zero-order valence-corrected chi connectivity index (χ0v) is 10.2. The molecule has 2 aromatic rings. The molecule has 0 radical (unpaired) electrons. The molecule has 0 bridgehead atoms. The zero-order valence-electron chi connectivity index (χ0n) is 9.38. The molecule has 7 heteroatoms. The Morgan fingerprint density at radius 3 is 2.67 bits per heavy atom. The van der Waals surface area contributed by atoms with Crippen molar-refractivity contribution in [3.8, 4) is 0 Å². The number of H-pyrrole nitrogens is 1. The fourth-order valence-corrected chi connectivity index (χ4v) is 2.03. The van der Waals surface area contributed by atoms with E-state index in [9.17, 15) is 17.6 Å². The number of fused-ring (bicyclic) bond motifs is 1. The van der Waals surface area contributed by atoms with Crippen molar-refractivity contribution in [3.05, 3.63) is 28.5 Å². The van der Waals surface area contributed by atoms with E-state index >= 15 is 0 Å². The van der Waals surface area contributed by atoms with Crippen LogP contribution in [0.5, 0.6) is 0 Å². The third kappa shape index (κ3) is 2.14. The van der Waals surface area contributed by atoms with Crippen molar-refractivity contribution in [1.82, 2.24) is 9.55 Å². The summed E-state index contributed by atoms with van der Waals surface area (Å²) in [5.74, 6) is -4.10. The van der Waals surface area contributed by atoms with Gasteiger partial charge in [-0.25, -0.2) is 8.78 Å². The summed E-state index contributed by atoms with van der Waals surface area (Å²) in [7, 11) is 0. The average molecular weight is 278 g/mol. The molecule has 2 rings (SSSR count). The number of benzene rings is 1. The molecule has 1 N–H and O–H groups in total. The standard InChI is InChI=1S/C11H10F4N2S/c1-6-3-2-4-7-8(6)16-10(18)17(7)5-11(14,15)9(12)13/h2-4,9H,5H2,1H3,(H,16,18). The number of alkyl halides is 4. The molecule has 18 heavy (non-hydrogen) atoms. The highest BCUT2D eigenvalue weighted by Gasteiger charge is 2.41. The number of halogens is 4. The highest BCUT2D eigenvalue weighted by Crippen LogP contribution is 2.27. The van der Waals surface area contributed by atoms with Crippen molar-refractivity contribution in [1.29, 1.82) is 0 Å². The Hall–Kier alpha value is -1.37. The smallest absolute Gasteiger partial charge is 0.324 e. The van der Waals surface area contributed by atoms with Crippen LogP contribution >= 0.6 is 12.2 Å². The maximum atomic E-state index is 13.1. The zero-order chi connectivity index (χ0) is 13.5. The Balaban J connectivity index is 2.56. The second kappa shape index (κ2) is 4.38. The van der Waals surface area contributed by atoms with Crippen LogP contribution in [0.4, 0.5) is 17.6 Å². The summed E-state index contributed by atoms with van der Waals surface area (Å²) in [6.45, 7) is 0.649. The van der Waals surface area contributed by atoms with Gasteiger partial charge in [0.2, 0.25) is 0 Å². The molecule has 98 valence electrons. The number of imidazole rings is 1. The van der Waals surface area contributed by atoms with Gasteiger partial charge in [0.15, 0.2) is 4.77 Å². The average Bonchev–Trinajstić information content (AvgIpc) is 2.57. The number of aryl methyl sites for hydroxylation is 1. The molecule has 0 atom stereocenters. The first-order valence-electron chi connectivity index (χ1n) is 5.17. The minimum Gasteiger partial charge on any atom is -0.330 e. The van der Waals surface area contributed by atoms with Gasteiger partial charge >= 0.3 is 12.3 Å². The Labute approximate surface area is 105 Å². The van der Waals surface area contributed by atoms with Gasteiger partial charge in [0.25, 0.3) is 0 Å². The van der Waals surface area contributed by atoms with Gasteiger partial charge in [-0.05, 0) is 30.8 Å². The van der Waals surface area contributed by atoms with Crippen LogP contribution in [0.25, 0.3) is 11.0 Å². The normalized spacial score (nSPS) is 12.6. The van der Waals surface area contributed by atoms with E-state index in [1.807, 2.05) is 0 Å². The lowest BCUT2D eigenvalue weighted by molar-refractivity contribution is -0.137. The van der Waals surface area contributed by atoms with Crippen LogP contribution in [0, 0.1) is 11.7 Å². The topological polar surface area (TPSA) is 20.7 Å². The van der Waals surface area contributed by atoms with E-state index in [2.05, 4.69) is 4.98 Å². The number of hydrogen-bond donors (Lipinski definition) is 1. The van der Waals surface area contributed by atoms with Crippen molar-refractivity contribution in [2.45, 2.75) is 25.8 Å². The molecule has 0 saturated carbocycles. The van der Waals surface area contributed by atoms with Crippen molar-refractivity contribution in [2.24, 2.45) is 0 Å². The van der Waals surface area contributed by atoms with E-state index in [4.69, 9.17) is 12.2 Å². The summed E-state index contributed by atoms with van der Waals surface area (Å²) in [6.07, 6.45) is -3.71. The van der Waals surface area contributed by atoms with Crippen molar-refractivity contribution < 1.29 is 17.6 Å². The third-order valence-electron chi connectivity index (χ3n) is 2.71. The molecule has 2 nitrogen and oxygen atoms in total. The lowest BCUT2D eigenvalue weighted by atomic mass is 10.2. The van der Waals surface area contributed by atoms with E-state index in [1.165, 1.54) is 0 Å². The number of nitrogens with zero attached hydrogens (tertiary/aromatic N) is 1. The predicted molar refractivity (Wildman–Crippen MR) is 62.8 cm³/mol. The van der Waals surface area contributed by atoms with Gasteiger partial charge in [-0.15, -0.1) is 0 Å². The highest BCUT2D eigenvalue weighted by molar-refractivity contribution is 7.71. The minimum atomic E-state index is -4.10. The number of hydrogen-bond acceptors (Lipinski definition) is 1. The molecule has 1 heterocycles. The van der Waals surface area contributed by atoms with Gasteiger partial charge in [0.1, 0.15) is 0 Å². The van der Waals surface area contributed by atoms with E-state index in [1.54, 1.807) is 25.1 Å². The van der Waals surface area contributed by atoms with E-state index in [-0.39, 0.29) is 4.77 Å². The Bertz CT molecular complexity index is 629. The van der Waals surface area contributed by atoms with E-state index in [0.717, 1.165) is 10.1 Å². The van der Waals surface area contributed by atoms with Gasteiger partial charge in [-0.2, -0.15) is 8.78 Å². The molecule has 1 aromatic carbocycles. The molecule has 0 aliphatic rings. The molecule has 0 unspecified atom stereocenters. The van der Waals surface area contributed by atoms with Crippen LogP contribution in [-0.4, -0.2) is 21.9 Å². The van der Waals surface area contributed by atoms with Gasteiger partial charge in [-0.3, -0.25) is 0 Å².